The molecule has 1 amide bonds. The molecule has 1 rings (SSSR count). The van der Waals surface area contributed by atoms with Crippen LogP contribution in [0.25, 0.3) is 0 Å². The molecule has 0 unspecified atom stereocenters. The molecule has 0 saturated carbocycles. The van der Waals surface area contributed by atoms with Gasteiger partial charge in [-0.25, -0.2) is 0 Å². The highest BCUT2D eigenvalue weighted by atomic mass is 32.1. The molecule has 0 bridgehead atoms. The smallest absolute Gasteiger partial charge is 0.257 e. The lowest BCUT2D eigenvalue weighted by Gasteiger charge is -2.09. The second-order valence-corrected chi connectivity index (χ2v) is 4.69. The average molecular weight is 310 g/mol. The van der Waals surface area contributed by atoms with Gasteiger partial charge in [-0.2, -0.15) is 0 Å². The molecular weight excluding hydrogens is 288 g/mol. The lowest BCUT2D eigenvalue weighted by atomic mass is 10.2. The molecule has 0 fully saturated rings. The van der Waals surface area contributed by atoms with Crippen LogP contribution in [0.1, 0.15) is 30.6 Å². The predicted molar refractivity (Wildman–Crippen MR) is 86.8 cm³/mol. The van der Waals surface area contributed by atoms with Crippen molar-refractivity contribution in [2.45, 2.75) is 20.3 Å². The summed E-state index contributed by atoms with van der Waals surface area (Å²) >= 11 is 5.02. The van der Waals surface area contributed by atoms with Gasteiger partial charge < -0.3 is 14.8 Å². The van der Waals surface area contributed by atoms with Gasteiger partial charge in [0.1, 0.15) is 12.4 Å². The molecule has 0 aromatic heterocycles. The standard InChI is InChI=1S/C15H22N2O3S/c1-3-9-16-15(21)17-14(18)12-5-7-13(8-6-12)20-11-10-19-4-2/h5-8H,3-4,9-11H2,1-2H3,(H2,16,17,18,21). The molecule has 0 spiro atoms. The Morgan fingerprint density at radius 1 is 1.19 bits per heavy atom. The van der Waals surface area contributed by atoms with E-state index < -0.39 is 0 Å². The highest BCUT2D eigenvalue weighted by Gasteiger charge is 2.07. The first-order chi connectivity index (χ1) is 10.2. The predicted octanol–water partition coefficient (Wildman–Crippen LogP) is 2.12. The Hall–Kier alpha value is -1.66. The van der Waals surface area contributed by atoms with Crippen LogP contribution in [-0.2, 0) is 4.74 Å². The van der Waals surface area contributed by atoms with Crippen molar-refractivity contribution in [2.75, 3.05) is 26.4 Å². The Balaban J connectivity index is 2.42. The third-order valence-corrected chi connectivity index (χ3v) is 2.83. The van der Waals surface area contributed by atoms with Gasteiger partial charge in [0, 0.05) is 18.7 Å². The zero-order valence-corrected chi connectivity index (χ0v) is 13.3. The van der Waals surface area contributed by atoms with Gasteiger partial charge in [-0.05, 0) is 49.8 Å². The first-order valence-corrected chi connectivity index (χ1v) is 7.48. The van der Waals surface area contributed by atoms with Crippen LogP contribution in [0.5, 0.6) is 5.75 Å². The maximum absolute atomic E-state index is 11.9. The fourth-order valence-electron chi connectivity index (χ4n) is 1.52. The highest BCUT2D eigenvalue weighted by molar-refractivity contribution is 7.80. The zero-order chi connectivity index (χ0) is 15.5. The van der Waals surface area contributed by atoms with Crippen LogP contribution in [0.3, 0.4) is 0 Å². The molecular formula is C15H22N2O3S. The number of carbonyl (C=O) groups excluding carboxylic acids is 1. The Morgan fingerprint density at radius 2 is 1.90 bits per heavy atom. The van der Waals surface area contributed by atoms with E-state index in [2.05, 4.69) is 10.6 Å². The van der Waals surface area contributed by atoms with Crippen LogP contribution in [-0.4, -0.2) is 37.4 Å². The molecule has 0 saturated heterocycles. The fraction of sp³-hybridized carbons (Fsp3) is 0.467. The summed E-state index contributed by atoms with van der Waals surface area (Å²) in [5.74, 6) is 0.474. The van der Waals surface area contributed by atoms with Crippen molar-refractivity contribution >= 4 is 23.2 Å². The van der Waals surface area contributed by atoms with Crippen LogP contribution in [0.4, 0.5) is 0 Å². The summed E-state index contributed by atoms with van der Waals surface area (Å²) in [5, 5.41) is 5.92. The molecule has 0 atom stereocenters. The summed E-state index contributed by atoms with van der Waals surface area (Å²) in [7, 11) is 0. The number of rotatable bonds is 8. The van der Waals surface area contributed by atoms with Crippen LogP contribution in [0.2, 0.25) is 0 Å². The largest absolute Gasteiger partial charge is 0.491 e. The second kappa shape index (κ2) is 10.1. The summed E-state index contributed by atoms with van der Waals surface area (Å²) in [6.45, 7) is 6.43. The number of hydrogen-bond acceptors (Lipinski definition) is 4. The monoisotopic (exact) mass is 310 g/mol. The van der Waals surface area contributed by atoms with Crippen LogP contribution in [0, 0.1) is 0 Å². The zero-order valence-electron chi connectivity index (χ0n) is 12.5. The molecule has 1 aromatic carbocycles. The van der Waals surface area contributed by atoms with Crippen molar-refractivity contribution in [3.63, 3.8) is 0 Å². The Labute approximate surface area is 131 Å². The van der Waals surface area contributed by atoms with Gasteiger partial charge in [-0.15, -0.1) is 0 Å². The number of ether oxygens (including phenoxy) is 2. The Bertz CT molecular complexity index is 449. The van der Waals surface area contributed by atoms with E-state index in [4.69, 9.17) is 21.7 Å². The molecule has 0 aliphatic rings. The molecule has 2 N–H and O–H groups in total. The summed E-state index contributed by atoms with van der Waals surface area (Å²) in [6.07, 6.45) is 0.948. The van der Waals surface area contributed by atoms with Crippen molar-refractivity contribution in [3.8, 4) is 5.75 Å². The van der Waals surface area contributed by atoms with E-state index >= 15 is 0 Å². The van der Waals surface area contributed by atoms with Gasteiger partial charge in [0.25, 0.3) is 5.91 Å². The Kier molecular flexibility index (Phi) is 8.38. The Morgan fingerprint density at radius 3 is 2.52 bits per heavy atom. The van der Waals surface area contributed by atoms with E-state index in [1.807, 2.05) is 13.8 Å². The SMILES string of the molecule is CCCNC(=S)NC(=O)c1ccc(OCCOCC)cc1. The van der Waals surface area contributed by atoms with E-state index in [1.165, 1.54) is 0 Å². The number of amides is 1. The molecule has 1 aromatic rings. The van der Waals surface area contributed by atoms with Crippen LogP contribution < -0.4 is 15.4 Å². The van der Waals surface area contributed by atoms with Gasteiger partial charge in [0.15, 0.2) is 5.11 Å². The summed E-state index contributed by atoms with van der Waals surface area (Å²) in [5.41, 5.74) is 0.535. The van der Waals surface area contributed by atoms with Gasteiger partial charge in [0.05, 0.1) is 6.61 Å². The summed E-state index contributed by atoms with van der Waals surface area (Å²) in [6, 6.07) is 6.91. The third kappa shape index (κ3) is 7.06. The minimum Gasteiger partial charge on any atom is -0.491 e. The molecule has 0 aliphatic carbocycles. The van der Waals surface area contributed by atoms with Gasteiger partial charge in [-0.3, -0.25) is 10.1 Å². The minimum atomic E-state index is -0.232. The first-order valence-electron chi connectivity index (χ1n) is 7.07. The fourth-order valence-corrected chi connectivity index (χ4v) is 1.72. The maximum atomic E-state index is 11.9. The lowest BCUT2D eigenvalue weighted by molar-refractivity contribution is 0.0976. The lowest BCUT2D eigenvalue weighted by Crippen LogP contribution is -2.39. The molecule has 0 aliphatic heterocycles. The van der Waals surface area contributed by atoms with Crippen molar-refractivity contribution in [2.24, 2.45) is 0 Å². The maximum Gasteiger partial charge on any atom is 0.257 e. The molecule has 116 valence electrons. The molecule has 5 nitrogen and oxygen atoms in total. The number of benzene rings is 1. The van der Waals surface area contributed by atoms with E-state index in [0.717, 1.165) is 13.0 Å². The van der Waals surface area contributed by atoms with Crippen LogP contribution >= 0.6 is 12.2 Å². The van der Waals surface area contributed by atoms with E-state index in [0.29, 0.717) is 36.2 Å². The van der Waals surface area contributed by atoms with Crippen molar-refractivity contribution < 1.29 is 14.3 Å². The van der Waals surface area contributed by atoms with E-state index in [9.17, 15) is 4.79 Å². The summed E-state index contributed by atoms with van der Waals surface area (Å²) < 4.78 is 10.7. The molecule has 6 heteroatoms. The number of carbonyl (C=O) groups is 1. The van der Waals surface area contributed by atoms with E-state index in [1.54, 1.807) is 24.3 Å². The highest BCUT2D eigenvalue weighted by Crippen LogP contribution is 2.12. The topological polar surface area (TPSA) is 59.6 Å². The number of hydrogen-bond donors (Lipinski definition) is 2. The van der Waals surface area contributed by atoms with E-state index in [-0.39, 0.29) is 5.91 Å². The molecule has 0 radical (unpaired) electrons. The normalized spacial score (nSPS) is 10.0. The van der Waals surface area contributed by atoms with Crippen LogP contribution in [0.15, 0.2) is 24.3 Å². The average Bonchev–Trinajstić information content (AvgIpc) is 2.50. The van der Waals surface area contributed by atoms with Crippen molar-refractivity contribution in [3.05, 3.63) is 29.8 Å². The number of thiocarbonyl (C=S) groups is 1. The van der Waals surface area contributed by atoms with Gasteiger partial charge in [0.2, 0.25) is 0 Å². The molecule has 21 heavy (non-hydrogen) atoms. The van der Waals surface area contributed by atoms with Crippen molar-refractivity contribution in [1.82, 2.24) is 10.6 Å². The van der Waals surface area contributed by atoms with Crippen molar-refractivity contribution in [1.29, 1.82) is 0 Å². The first kappa shape index (κ1) is 17.4. The number of nitrogens with one attached hydrogen (secondary N) is 2. The molecule has 0 heterocycles. The van der Waals surface area contributed by atoms with Gasteiger partial charge >= 0.3 is 0 Å². The summed E-state index contributed by atoms with van der Waals surface area (Å²) in [4.78, 5) is 11.9. The second-order valence-electron chi connectivity index (χ2n) is 4.28. The van der Waals surface area contributed by atoms with Gasteiger partial charge in [-0.1, -0.05) is 6.92 Å². The minimum absolute atomic E-state index is 0.232. The quantitative estimate of drug-likeness (QED) is 0.569. The third-order valence-electron chi connectivity index (χ3n) is 2.58.